The Balaban J connectivity index is 1.65. The maximum absolute atomic E-state index is 14.0. The molecule has 2 aromatic carbocycles. The van der Waals surface area contributed by atoms with Crippen molar-refractivity contribution in [3.05, 3.63) is 102 Å². The molecule has 10 nitrogen and oxygen atoms in total. The average Bonchev–Trinajstić information content (AvgIpc) is 3.56. The lowest BCUT2D eigenvalue weighted by molar-refractivity contribution is -0.139. The quantitative estimate of drug-likeness (QED) is 0.278. The lowest BCUT2D eigenvalue weighted by Crippen LogP contribution is -2.39. The van der Waals surface area contributed by atoms with E-state index in [-0.39, 0.29) is 23.3 Å². The van der Waals surface area contributed by atoms with Crippen molar-refractivity contribution < 1.29 is 33.3 Å². The number of carboxylic acid groups (broad SMARTS) is 1. The summed E-state index contributed by atoms with van der Waals surface area (Å²) in [6.07, 6.45) is 1.61. The summed E-state index contributed by atoms with van der Waals surface area (Å²) in [6.45, 7) is 7.57. The zero-order chi connectivity index (χ0) is 30.8. The number of furan rings is 1. The number of methoxy groups -OCH3 is 1. The number of aromatic nitrogens is 1. The molecule has 4 aromatic rings. The first-order valence-corrected chi connectivity index (χ1v) is 14.4. The van der Waals surface area contributed by atoms with Crippen LogP contribution in [0.4, 0.5) is 0 Å². The summed E-state index contributed by atoms with van der Waals surface area (Å²) in [5.41, 5.74) is 2.36. The second kappa shape index (κ2) is 12.1. The van der Waals surface area contributed by atoms with E-state index in [0.29, 0.717) is 61.3 Å². The predicted molar refractivity (Wildman–Crippen MR) is 160 cm³/mol. The molecule has 1 atom stereocenters. The molecule has 5 rings (SSSR count). The molecule has 1 N–H and O–H groups in total. The van der Waals surface area contributed by atoms with Gasteiger partial charge in [-0.25, -0.2) is 14.6 Å². The fourth-order valence-electron chi connectivity index (χ4n) is 5.08. The number of hydrogen-bond acceptors (Lipinski definition) is 9. The highest BCUT2D eigenvalue weighted by molar-refractivity contribution is 7.07. The van der Waals surface area contributed by atoms with Crippen molar-refractivity contribution in [1.82, 2.24) is 4.57 Å². The van der Waals surface area contributed by atoms with E-state index in [2.05, 4.69) is 4.99 Å². The molecule has 222 valence electrons. The van der Waals surface area contributed by atoms with Gasteiger partial charge in [0.1, 0.15) is 11.5 Å². The fraction of sp³-hybridized carbons (Fsp3) is 0.250. The van der Waals surface area contributed by atoms with Gasteiger partial charge in [0.15, 0.2) is 16.3 Å². The molecule has 43 heavy (non-hydrogen) atoms. The van der Waals surface area contributed by atoms with Gasteiger partial charge in [-0.3, -0.25) is 9.36 Å². The molecule has 0 spiro atoms. The third kappa shape index (κ3) is 5.51. The van der Waals surface area contributed by atoms with Crippen LogP contribution in [-0.4, -0.2) is 41.9 Å². The molecule has 0 bridgehead atoms. The number of allylic oxidation sites excluding steroid dienone is 1. The van der Waals surface area contributed by atoms with Crippen LogP contribution in [0.25, 0.3) is 17.4 Å². The van der Waals surface area contributed by atoms with E-state index in [1.54, 1.807) is 76.4 Å². The van der Waals surface area contributed by atoms with E-state index >= 15 is 0 Å². The molecule has 2 aromatic heterocycles. The standard InChI is InChI=1S/C32H30N2O8S/c1-6-40-25-15-19(11-13-24(25)39-5)28-27(31(38)41-7-2)18(4)33-32-34(28)29(35)26(43-32)16-20-12-14-23(42-20)21-9-8-10-22(17(21)3)30(36)37/h8-16,28H,6-7H2,1-5H3,(H,36,37)/b26-16-/t28-/m1/s1. The van der Waals surface area contributed by atoms with E-state index in [1.165, 1.54) is 22.0 Å². The van der Waals surface area contributed by atoms with Crippen molar-refractivity contribution in [1.29, 1.82) is 0 Å². The third-order valence-corrected chi connectivity index (χ3v) is 8.03. The Kier molecular flexibility index (Phi) is 8.36. The molecule has 0 saturated heterocycles. The average molecular weight is 603 g/mol. The van der Waals surface area contributed by atoms with Gasteiger partial charge >= 0.3 is 11.9 Å². The Bertz CT molecular complexity index is 1950. The Morgan fingerprint density at radius 3 is 2.58 bits per heavy atom. The molecule has 1 aliphatic heterocycles. The zero-order valence-corrected chi connectivity index (χ0v) is 25.1. The molecule has 11 heteroatoms. The van der Waals surface area contributed by atoms with Crippen LogP contribution in [0.15, 0.2) is 74.0 Å². The van der Waals surface area contributed by atoms with Crippen LogP contribution in [0.5, 0.6) is 11.5 Å². The van der Waals surface area contributed by atoms with Gasteiger partial charge in [-0.1, -0.05) is 29.5 Å². The molecule has 0 saturated carbocycles. The van der Waals surface area contributed by atoms with Gasteiger partial charge in [0, 0.05) is 11.6 Å². The number of thiazole rings is 1. The molecular formula is C32H30N2O8S. The maximum Gasteiger partial charge on any atom is 0.338 e. The van der Waals surface area contributed by atoms with Crippen LogP contribution in [0.3, 0.4) is 0 Å². The minimum Gasteiger partial charge on any atom is -0.493 e. The third-order valence-electron chi connectivity index (χ3n) is 7.05. The van der Waals surface area contributed by atoms with Crippen molar-refractivity contribution >= 4 is 29.4 Å². The van der Waals surface area contributed by atoms with Crippen LogP contribution >= 0.6 is 11.3 Å². The smallest absolute Gasteiger partial charge is 0.338 e. The minimum atomic E-state index is -1.02. The summed E-state index contributed by atoms with van der Waals surface area (Å²) in [5, 5.41) is 9.49. The highest BCUT2D eigenvalue weighted by Gasteiger charge is 2.34. The van der Waals surface area contributed by atoms with Gasteiger partial charge in [0.05, 0.1) is 47.7 Å². The van der Waals surface area contributed by atoms with Gasteiger partial charge in [0.2, 0.25) is 0 Å². The summed E-state index contributed by atoms with van der Waals surface area (Å²) < 4.78 is 24.5. The summed E-state index contributed by atoms with van der Waals surface area (Å²) in [4.78, 5) is 43.8. The van der Waals surface area contributed by atoms with Crippen LogP contribution < -0.4 is 24.4 Å². The second-order valence-corrected chi connectivity index (χ2v) is 10.6. The monoisotopic (exact) mass is 602 g/mol. The van der Waals surface area contributed by atoms with Crippen LogP contribution in [0.2, 0.25) is 0 Å². The number of aromatic carboxylic acids is 1. The van der Waals surface area contributed by atoms with Crippen LogP contribution in [0.1, 0.15) is 54.1 Å². The first-order valence-electron chi connectivity index (χ1n) is 13.6. The topological polar surface area (TPSA) is 130 Å². The predicted octanol–water partition coefficient (Wildman–Crippen LogP) is 4.47. The molecular weight excluding hydrogens is 572 g/mol. The Morgan fingerprint density at radius 2 is 1.88 bits per heavy atom. The van der Waals surface area contributed by atoms with Gasteiger partial charge in [0.25, 0.3) is 5.56 Å². The van der Waals surface area contributed by atoms with Gasteiger partial charge < -0.3 is 23.7 Å². The second-order valence-electron chi connectivity index (χ2n) is 9.63. The van der Waals surface area contributed by atoms with Crippen molar-refractivity contribution in [2.24, 2.45) is 4.99 Å². The van der Waals surface area contributed by atoms with E-state index in [4.69, 9.17) is 18.6 Å². The molecule has 0 unspecified atom stereocenters. The largest absolute Gasteiger partial charge is 0.493 e. The summed E-state index contributed by atoms with van der Waals surface area (Å²) in [7, 11) is 1.54. The number of benzene rings is 2. The number of esters is 1. The minimum absolute atomic E-state index is 0.162. The molecule has 0 amide bonds. The number of rotatable bonds is 9. The zero-order valence-electron chi connectivity index (χ0n) is 24.3. The van der Waals surface area contributed by atoms with E-state index in [1.807, 2.05) is 6.92 Å². The Labute approximate surface area is 250 Å². The first-order chi connectivity index (χ1) is 20.7. The molecule has 3 heterocycles. The summed E-state index contributed by atoms with van der Waals surface area (Å²) in [6, 6.07) is 12.9. The first kappa shape index (κ1) is 29.6. The van der Waals surface area contributed by atoms with E-state index in [9.17, 15) is 19.5 Å². The van der Waals surface area contributed by atoms with E-state index < -0.39 is 18.0 Å². The maximum atomic E-state index is 14.0. The SMILES string of the molecule is CCOC(=O)C1=C(C)N=c2s/c(=C\c3ccc(-c4cccc(C(=O)O)c4C)o3)c(=O)n2[C@@H]1c1ccc(OC)c(OCC)c1. The highest BCUT2D eigenvalue weighted by Crippen LogP contribution is 2.36. The van der Waals surface area contributed by atoms with Crippen molar-refractivity contribution in [2.45, 2.75) is 33.7 Å². The lowest BCUT2D eigenvalue weighted by Gasteiger charge is -2.25. The number of carbonyl (C=O) groups is 2. The van der Waals surface area contributed by atoms with Gasteiger partial charge in [-0.2, -0.15) is 0 Å². The number of hydrogen-bond donors (Lipinski definition) is 1. The summed E-state index contributed by atoms with van der Waals surface area (Å²) in [5.74, 6) is 0.291. The Morgan fingerprint density at radius 1 is 1.09 bits per heavy atom. The van der Waals surface area contributed by atoms with Gasteiger partial charge in [-0.15, -0.1) is 0 Å². The van der Waals surface area contributed by atoms with E-state index in [0.717, 1.165) is 0 Å². The van der Waals surface area contributed by atoms with Crippen molar-refractivity contribution in [3.8, 4) is 22.8 Å². The number of carbonyl (C=O) groups excluding carboxylic acids is 1. The highest BCUT2D eigenvalue weighted by atomic mass is 32.1. The van der Waals surface area contributed by atoms with Crippen LogP contribution in [0, 0.1) is 6.92 Å². The van der Waals surface area contributed by atoms with Crippen molar-refractivity contribution in [3.63, 3.8) is 0 Å². The molecule has 0 radical (unpaired) electrons. The Hall–Kier alpha value is -4.90. The van der Waals surface area contributed by atoms with Crippen molar-refractivity contribution in [2.75, 3.05) is 20.3 Å². The normalized spacial score (nSPS) is 14.7. The fourth-order valence-corrected chi connectivity index (χ4v) is 6.10. The number of fused-ring (bicyclic) bond motifs is 1. The molecule has 1 aliphatic rings. The lowest BCUT2D eigenvalue weighted by atomic mass is 9.95. The number of ether oxygens (including phenoxy) is 3. The number of nitrogens with zero attached hydrogens (tertiary/aromatic N) is 2. The molecule has 0 aliphatic carbocycles. The van der Waals surface area contributed by atoms with Gasteiger partial charge in [-0.05, 0) is 69.2 Å². The van der Waals surface area contributed by atoms with Crippen LogP contribution in [-0.2, 0) is 9.53 Å². The molecule has 0 fully saturated rings. The number of carboxylic acids is 1. The summed E-state index contributed by atoms with van der Waals surface area (Å²) >= 11 is 1.17.